The van der Waals surface area contributed by atoms with Crippen molar-refractivity contribution in [2.75, 3.05) is 5.32 Å². The molecule has 0 aliphatic rings. The van der Waals surface area contributed by atoms with Gasteiger partial charge in [-0.1, -0.05) is 42.4 Å². The Morgan fingerprint density at radius 1 is 1.26 bits per heavy atom. The number of nitrogens with zero attached hydrogens (tertiary/aromatic N) is 3. The summed E-state index contributed by atoms with van der Waals surface area (Å²) in [6, 6.07) is 10.7. The Labute approximate surface area is 163 Å². The highest BCUT2D eigenvalue weighted by molar-refractivity contribution is 7.99. The zero-order valence-corrected chi connectivity index (χ0v) is 16.2. The molecule has 0 saturated carbocycles. The van der Waals surface area contributed by atoms with Crippen molar-refractivity contribution in [2.45, 2.75) is 30.4 Å². The molecule has 1 amide bonds. The molecule has 140 valence electrons. The molecule has 0 saturated heterocycles. The zero-order valence-electron chi connectivity index (χ0n) is 14.5. The lowest BCUT2D eigenvalue weighted by Gasteiger charge is -2.05. The van der Waals surface area contributed by atoms with E-state index in [9.17, 15) is 14.9 Å². The van der Waals surface area contributed by atoms with E-state index in [4.69, 9.17) is 4.42 Å². The molecule has 0 aliphatic carbocycles. The Bertz CT molecular complexity index is 950. The summed E-state index contributed by atoms with van der Waals surface area (Å²) >= 11 is 2.57. The van der Waals surface area contributed by atoms with E-state index < -0.39 is 10.8 Å². The van der Waals surface area contributed by atoms with Crippen LogP contribution in [0, 0.1) is 10.1 Å². The molecule has 0 fully saturated rings. The van der Waals surface area contributed by atoms with Gasteiger partial charge >= 0.3 is 11.0 Å². The van der Waals surface area contributed by atoms with Gasteiger partial charge in [0, 0.05) is 16.2 Å². The van der Waals surface area contributed by atoms with Gasteiger partial charge in [0.2, 0.25) is 5.89 Å². The van der Waals surface area contributed by atoms with Crippen LogP contribution >= 0.6 is 23.1 Å². The fourth-order valence-electron chi connectivity index (χ4n) is 2.21. The van der Waals surface area contributed by atoms with Gasteiger partial charge in [-0.3, -0.25) is 20.2 Å². The Hall–Kier alpha value is -2.72. The van der Waals surface area contributed by atoms with Crippen LogP contribution in [0.25, 0.3) is 0 Å². The van der Waals surface area contributed by atoms with E-state index >= 15 is 0 Å². The predicted molar refractivity (Wildman–Crippen MR) is 103 cm³/mol. The number of thioether (sulfide) groups is 1. The van der Waals surface area contributed by atoms with Crippen LogP contribution in [0.15, 0.2) is 45.7 Å². The predicted octanol–water partition coefficient (Wildman–Crippen LogP) is 4.38. The number of anilines is 1. The van der Waals surface area contributed by atoms with Crippen molar-refractivity contribution in [1.29, 1.82) is 0 Å². The number of aromatic nitrogens is 2. The minimum atomic E-state index is -0.544. The van der Waals surface area contributed by atoms with Crippen molar-refractivity contribution in [3.05, 3.63) is 62.8 Å². The summed E-state index contributed by atoms with van der Waals surface area (Å²) in [5.74, 6) is -0.162. The van der Waals surface area contributed by atoms with Gasteiger partial charge in [0.05, 0.1) is 16.2 Å². The zero-order chi connectivity index (χ0) is 19.4. The third-order valence-corrected chi connectivity index (χ3v) is 5.38. The summed E-state index contributed by atoms with van der Waals surface area (Å²) in [6.45, 7) is 4.28. The highest BCUT2D eigenvalue weighted by Gasteiger charge is 2.17. The van der Waals surface area contributed by atoms with Crippen molar-refractivity contribution in [1.82, 2.24) is 10.2 Å². The van der Waals surface area contributed by atoms with Gasteiger partial charge in [-0.15, -0.1) is 16.9 Å². The summed E-state index contributed by atoms with van der Waals surface area (Å²) < 4.78 is 5.44. The van der Waals surface area contributed by atoms with Crippen molar-refractivity contribution in [3.63, 3.8) is 0 Å². The monoisotopic (exact) mass is 404 g/mol. The van der Waals surface area contributed by atoms with Gasteiger partial charge in [-0.2, -0.15) is 0 Å². The Balaban J connectivity index is 1.60. The van der Waals surface area contributed by atoms with E-state index in [1.54, 1.807) is 11.8 Å². The molecular weight excluding hydrogens is 388 g/mol. The number of benzene rings is 1. The van der Waals surface area contributed by atoms with Crippen molar-refractivity contribution in [2.24, 2.45) is 0 Å². The van der Waals surface area contributed by atoms with Crippen LogP contribution < -0.4 is 5.32 Å². The maximum atomic E-state index is 12.1. The summed E-state index contributed by atoms with van der Waals surface area (Å²) in [7, 11) is 0. The normalized spacial score (nSPS) is 10.9. The maximum Gasteiger partial charge on any atom is 0.324 e. The quantitative estimate of drug-likeness (QED) is 0.353. The fraction of sp³-hybridized carbons (Fsp3) is 0.235. The molecule has 10 heteroatoms. The van der Waals surface area contributed by atoms with Crippen LogP contribution in [0.5, 0.6) is 0 Å². The Kier molecular flexibility index (Phi) is 5.87. The third kappa shape index (κ3) is 5.14. The number of amides is 1. The van der Waals surface area contributed by atoms with Crippen LogP contribution in [0.3, 0.4) is 0 Å². The largest absolute Gasteiger partial charge is 0.407 e. The topological polar surface area (TPSA) is 111 Å². The van der Waals surface area contributed by atoms with Gasteiger partial charge in [0.25, 0.3) is 5.91 Å². The van der Waals surface area contributed by atoms with Crippen LogP contribution in [0.4, 0.5) is 11.0 Å². The number of carbonyl (C=O) groups excluding carboxylic acids is 1. The first-order valence-electron chi connectivity index (χ1n) is 8.04. The molecule has 2 aromatic heterocycles. The third-order valence-electron chi connectivity index (χ3n) is 3.33. The van der Waals surface area contributed by atoms with Crippen LogP contribution in [0.1, 0.15) is 35.0 Å². The lowest BCUT2D eigenvalue weighted by atomic mass is 10.1. The lowest BCUT2D eigenvalue weighted by molar-refractivity contribution is -0.380. The molecule has 1 aromatic carbocycles. The minimum absolute atomic E-state index is 0.0435. The van der Waals surface area contributed by atoms with Crippen molar-refractivity contribution >= 4 is 40.0 Å². The molecule has 2 heterocycles. The first-order valence-corrected chi connectivity index (χ1v) is 9.74. The number of thiophene rings is 1. The smallest absolute Gasteiger partial charge is 0.324 e. The fourth-order valence-corrected chi connectivity index (χ4v) is 3.77. The van der Waals surface area contributed by atoms with Crippen molar-refractivity contribution in [3.8, 4) is 0 Å². The van der Waals surface area contributed by atoms with Gasteiger partial charge in [-0.25, -0.2) is 0 Å². The molecule has 0 unspecified atom stereocenters. The molecule has 3 aromatic rings. The van der Waals surface area contributed by atoms with E-state index in [1.807, 2.05) is 24.3 Å². The molecule has 0 atom stereocenters. The van der Waals surface area contributed by atoms with Gasteiger partial charge in [0.1, 0.15) is 0 Å². The average Bonchev–Trinajstić information content (AvgIpc) is 3.26. The van der Waals surface area contributed by atoms with E-state index in [0.717, 1.165) is 16.9 Å². The van der Waals surface area contributed by atoms with Crippen LogP contribution in [-0.4, -0.2) is 26.3 Å². The highest BCUT2D eigenvalue weighted by atomic mass is 32.2. The number of carbonyl (C=O) groups is 1. The summed E-state index contributed by atoms with van der Waals surface area (Å²) in [5, 5.41) is 21.3. The number of rotatable bonds is 7. The van der Waals surface area contributed by atoms with Crippen LogP contribution in [0.2, 0.25) is 0 Å². The minimum Gasteiger partial charge on any atom is -0.407 e. The Morgan fingerprint density at radius 2 is 2.00 bits per heavy atom. The number of nitrogens with one attached hydrogen (secondary N) is 1. The molecule has 1 N–H and O–H groups in total. The number of hydrogen-bond acceptors (Lipinski definition) is 8. The number of nitro groups is 1. The van der Waals surface area contributed by atoms with Crippen LogP contribution in [-0.2, 0) is 6.42 Å². The van der Waals surface area contributed by atoms with Gasteiger partial charge < -0.3 is 4.42 Å². The molecule has 0 bridgehead atoms. The molecule has 27 heavy (non-hydrogen) atoms. The SMILES string of the molecule is CC(C)Sc1ccc(Cc2nnc(NC(=O)c3ccc([N+](=O)[O-])s3)o2)cc1. The summed E-state index contributed by atoms with van der Waals surface area (Å²) in [5.41, 5.74) is 1.01. The van der Waals surface area contributed by atoms with E-state index in [-0.39, 0.29) is 15.9 Å². The van der Waals surface area contributed by atoms with E-state index in [1.165, 1.54) is 17.0 Å². The molecular formula is C17H16N4O4S2. The van der Waals surface area contributed by atoms with Crippen molar-refractivity contribution < 1.29 is 14.1 Å². The molecule has 0 spiro atoms. The average molecular weight is 404 g/mol. The number of hydrogen-bond donors (Lipinski definition) is 1. The second kappa shape index (κ2) is 8.31. The van der Waals surface area contributed by atoms with Gasteiger partial charge in [0.15, 0.2) is 0 Å². The first-order chi connectivity index (χ1) is 12.9. The first kappa shape index (κ1) is 19.1. The molecule has 3 rings (SSSR count). The standard InChI is InChI=1S/C17H16N4O4S2/c1-10(2)26-12-5-3-11(4-6-12)9-14-19-20-17(25-14)18-16(22)13-7-8-15(27-13)21(23)24/h3-8,10H,9H2,1-2H3,(H,18,20,22). The van der Waals surface area contributed by atoms with Gasteiger partial charge in [-0.05, 0) is 23.8 Å². The Morgan fingerprint density at radius 3 is 2.63 bits per heavy atom. The highest BCUT2D eigenvalue weighted by Crippen LogP contribution is 2.25. The second-order valence-electron chi connectivity index (χ2n) is 5.84. The maximum absolute atomic E-state index is 12.1. The lowest BCUT2D eigenvalue weighted by Crippen LogP contribution is -2.10. The molecule has 0 radical (unpaired) electrons. The molecule has 0 aliphatic heterocycles. The summed E-state index contributed by atoms with van der Waals surface area (Å²) in [6.07, 6.45) is 0.444. The summed E-state index contributed by atoms with van der Waals surface area (Å²) in [4.78, 5) is 23.6. The van der Waals surface area contributed by atoms with E-state index in [2.05, 4.69) is 29.4 Å². The molecule has 8 nitrogen and oxygen atoms in total. The van der Waals surface area contributed by atoms with E-state index in [0.29, 0.717) is 17.6 Å². The second-order valence-corrected chi connectivity index (χ2v) is 8.55.